The van der Waals surface area contributed by atoms with Gasteiger partial charge in [-0.05, 0) is 23.1 Å². The van der Waals surface area contributed by atoms with E-state index in [2.05, 4.69) is 10.1 Å². The number of hydrogen-bond acceptors (Lipinski definition) is 5. The van der Waals surface area contributed by atoms with E-state index >= 15 is 0 Å². The van der Waals surface area contributed by atoms with Crippen molar-refractivity contribution in [3.63, 3.8) is 0 Å². The first-order valence-corrected chi connectivity index (χ1v) is 6.61. The van der Waals surface area contributed by atoms with Crippen molar-refractivity contribution >= 4 is 16.3 Å². The van der Waals surface area contributed by atoms with E-state index < -0.39 is 11.6 Å². The summed E-state index contributed by atoms with van der Waals surface area (Å²) in [7, 11) is 0. The molecule has 0 saturated carbocycles. The molecule has 3 rings (SSSR count). The second kappa shape index (κ2) is 5.01. The average Bonchev–Trinajstić information content (AvgIpc) is 3.01. The van der Waals surface area contributed by atoms with Crippen LogP contribution in [0, 0.1) is 11.6 Å². The molecule has 20 heavy (non-hydrogen) atoms. The summed E-state index contributed by atoms with van der Waals surface area (Å²) in [6.07, 6.45) is 0.125. The van der Waals surface area contributed by atoms with E-state index in [4.69, 9.17) is 10.3 Å². The van der Waals surface area contributed by atoms with E-state index in [1.807, 2.05) is 5.38 Å². The number of nitrogens with two attached hydrogens (primary N) is 1. The Kier molecular flexibility index (Phi) is 3.19. The van der Waals surface area contributed by atoms with Crippen molar-refractivity contribution in [2.24, 2.45) is 0 Å². The molecule has 2 heterocycles. The zero-order valence-electron chi connectivity index (χ0n) is 10.1. The van der Waals surface area contributed by atoms with Gasteiger partial charge in [0.05, 0.1) is 10.6 Å². The van der Waals surface area contributed by atoms with Crippen molar-refractivity contribution in [2.45, 2.75) is 6.42 Å². The molecule has 3 aromatic rings. The molecule has 0 amide bonds. The summed E-state index contributed by atoms with van der Waals surface area (Å²) in [4.78, 5) is 4.16. The molecule has 0 fully saturated rings. The maximum Gasteiger partial charge on any atom is 0.260 e. The summed E-state index contributed by atoms with van der Waals surface area (Å²) in [5.74, 6) is -0.644. The lowest BCUT2D eigenvalue weighted by Crippen LogP contribution is -1.95. The summed E-state index contributed by atoms with van der Waals surface area (Å²) >= 11 is 1.36. The van der Waals surface area contributed by atoms with Gasteiger partial charge in [-0.1, -0.05) is 11.2 Å². The highest BCUT2D eigenvalue weighted by Crippen LogP contribution is 2.29. The Hall–Kier alpha value is -2.28. The quantitative estimate of drug-likeness (QED) is 0.805. The molecule has 0 aliphatic heterocycles. The van der Waals surface area contributed by atoms with Crippen LogP contribution in [0.1, 0.15) is 11.4 Å². The highest BCUT2D eigenvalue weighted by Gasteiger charge is 2.14. The maximum absolute atomic E-state index is 13.5. The molecule has 0 spiro atoms. The van der Waals surface area contributed by atoms with Gasteiger partial charge in [-0.25, -0.2) is 8.78 Å². The minimum atomic E-state index is -0.633. The third-order valence-electron chi connectivity index (χ3n) is 2.76. The van der Waals surface area contributed by atoms with Crippen LogP contribution in [0.3, 0.4) is 0 Å². The van der Waals surface area contributed by atoms with Crippen LogP contribution in [-0.2, 0) is 6.42 Å². The molecule has 2 N–H and O–H groups in total. The summed E-state index contributed by atoms with van der Waals surface area (Å²) in [5.41, 5.74) is 6.73. The van der Waals surface area contributed by atoms with Gasteiger partial charge in [0.25, 0.3) is 5.89 Å². The third kappa shape index (κ3) is 2.39. The molecular formula is C13H9F2N3OS. The number of thiophene rings is 1. The van der Waals surface area contributed by atoms with Crippen LogP contribution in [-0.4, -0.2) is 10.1 Å². The number of nitrogen functional groups attached to an aromatic ring is 1. The standard InChI is InChI=1S/C13H9F2N3OS/c14-8-2-1-7(10(15)6-8)5-11-17-13(19-18-11)9-3-4-20-12(9)16/h1-4,6H,5,16H2. The third-order valence-corrected chi connectivity index (χ3v) is 3.50. The number of benzene rings is 1. The van der Waals surface area contributed by atoms with Crippen molar-refractivity contribution in [3.05, 3.63) is 52.7 Å². The second-order valence-corrected chi connectivity index (χ2v) is 5.07. The van der Waals surface area contributed by atoms with E-state index in [-0.39, 0.29) is 6.42 Å². The molecule has 2 aromatic heterocycles. The molecule has 4 nitrogen and oxygen atoms in total. The maximum atomic E-state index is 13.5. The first-order valence-electron chi connectivity index (χ1n) is 5.73. The second-order valence-electron chi connectivity index (χ2n) is 4.13. The van der Waals surface area contributed by atoms with Crippen molar-refractivity contribution < 1.29 is 13.3 Å². The van der Waals surface area contributed by atoms with Gasteiger partial charge >= 0.3 is 0 Å². The van der Waals surface area contributed by atoms with Crippen molar-refractivity contribution in [2.75, 3.05) is 5.73 Å². The molecule has 0 bridgehead atoms. The Morgan fingerprint density at radius 3 is 2.80 bits per heavy atom. The lowest BCUT2D eigenvalue weighted by Gasteiger charge is -1.99. The predicted octanol–water partition coefficient (Wildman–Crippen LogP) is 3.25. The van der Waals surface area contributed by atoms with Crippen LogP contribution in [0.4, 0.5) is 13.8 Å². The number of rotatable bonds is 3. The van der Waals surface area contributed by atoms with Gasteiger partial charge in [0.2, 0.25) is 0 Å². The van der Waals surface area contributed by atoms with Crippen LogP contribution < -0.4 is 5.73 Å². The van der Waals surface area contributed by atoms with Crippen LogP contribution in [0.15, 0.2) is 34.2 Å². The topological polar surface area (TPSA) is 64.9 Å². The number of halogens is 2. The van der Waals surface area contributed by atoms with Crippen LogP contribution in [0.25, 0.3) is 11.5 Å². The zero-order valence-corrected chi connectivity index (χ0v) is 11.0. The molecule has 0 saturated heterocycles. The van der Waals surface area contributed by atoms with Gasteiger partial charge in [0.1, 0.15) is 11.6 Å². The Bertz CT molecular complexity index is 754. The Balaban J connectivity index is 1.86. The Morgan fingerprint density at radius 2 is 2.10 bits per heavy atom. The molecule has 0 aliphatic rings. The SMILES string of the molecule is Nc1sccc1-c1nc(Cc2ccc(F)cc2F)no1. The molecule has 0 unspecified atom stereocenters. The highest BCUT2D eigenvalue weighted by atomic mass is 32.1. The number of hydrogen-bond donors (Lipinski definition) is 1. The first-order chi connectivity index (χ1) is 9.63. The Labute approximate surface area is 116 Å². The van der Waals surface area contributed by atoms with Gasteiger partial charge < -0.3 is 10.3 Å². The molecule has 0 atom stereocenters. The number of anilines is 1. The highest BCUT2D eigenvalue weighted by molar-refractivity contribution is 7.14. The van der Waals surface area contributed by atoms with E-state index in [1.165, 1.54) is 23.5 Å². The van der Waals surface area contributed by atoms with Crippen molar-refractivity contribution in [3.8, 4) is 11.5 Å². The van der Waals surface area contributed by atoms with Gasteiger partial charge in [-0.3, -0.25) is 0 Å². The summed E-state index contributed by atoms with van der Waals surface area (Å²) in [6.45, 7) is 0. The van der Waals surface area contributed by atoms with E-state index in [1.54, 1.807) is 6.07 Å². The predicted molar refractivity (Wildman–Crippen MR) is 71.2 cm³/mol. The monoisotopic (exact) mass is 293 g/mol. The molecule has 0 aliphatic carbocycles. The molecule has 7 heteroatoms. The largest absolute Gasteiger partial charge is 0.390 e. The fourth-order valence-electron chi connectivity index (χ4n) is 1.77. The fraction of sp³-hybridized carbons (Fsp3) is 0.0769. The molecule has 1 aromatic carbocycles. The van der Waals surface area contributed by atoms with E-state index in [0.29, 0.717) is 27.8 Å². The number of nitrogens with zero attached hydrogens (tertiary/aromatic N) is 2. The summed E-state index contributed by atoms with van der Waals surface area (Å²) < 4.78 is 31.4. The normalized spacial score (nSPS) is 10.9. The van der Waals surface area contributed by atoms with Crippen molar-refractivity contribution in [1.82, 2.24) is 10.1 Å². The lowest BCUT2D eigenvalue weighted by atomic mass is 10.1. The molecule has 102 valence electrons. The average molecular weight is 293 g/mol. The van der Waals surface area contributed by atoms with E-state index in [0.717, 1.165) is 6.07 Å². The summed E-state index contributed by atoms with van der Waals surface area (Å²) in [5, 5.41) is 6.17. The van der Waals surface area contributed by atoms with Gasteiger partial charge in [-0.15, -0.1) is 11.3 Å². The van der Waals surface area contributed by atoms with Crippen LogP contribution >= 0.6 is 11.3 Å². The van der Waals surface area contributed by atoms with Crippen molar-refractivity contribution in [1.29, 1.82) is 0 Å². The Morgan fingerprint density at radius 1 is 1.25 bits per heavy atom. The summed E-state index contributed by atoms with van der Waals surface area (Å²) in [6, 6.07) is 5.15. The number of aromatic nitrogens is 2. The zero-order chi connectivity index (χ0) is 14.1. The first kappa shape index (κ1) is 12.7. The van der Waals surface area contributed by atoms with Crippen LogP contribution in [0.2, 0.25) is 0 Å². The van der Waals surface area contributed by atoms with Gasteiger partial charge in [0, 0.05) is 12.5 Å². The minimum Gasteiger partial charge on any atom is -0.390 e. The van der Waals surface area contributed by atoms with Crippen LogP contribution in [0.5, 0.6) is 0 Å². The molecule has 0 radical (unpaired) electrons. The molecular weight excluding hydrogens is 284 g/mol. The van der Waals surface area contributed by atoms with Gasteiger partial charge in [0.15, 0.2) is 5.82 Å². The fourth-order valence-corrected chi connectivity index (χ4v) is 2.40. The van der Waals surface area contributed by atoms with Gasteiger partial charge in [-0.2, -0.15) is 4.98 Å². The smallest absolute Gasteiger partial charge is 0.260 e. The minimum absolute atomic E-state index is 0.125. The van der Waals surface area contributed by atoms with E-state index in [9.17, 15) is 8.78 Å². The lowest BCUT2D eigenvalue weighted by molar-refractivity contribution is 0.424.